The quantitative estimate of drug-likeness (QED) is 0.169. The minimum atomic E-state index is -0.699. The first kappa shape index (κ1) is 23.9. The van der Waals surface area contributed by atoms with Crippen LogP contribution in [0.4, 0.5) is 11.4 Å². The predicted octanol–water partition coefficient (Wildman–Crippen LogP) is 4.36. The highest BCUT2D eigenvalue weighted by atomic mass is 35.5. The lowest BCUT2D eigenvalue weighted by atomic mass is 10.1. The Morgan fingerprint density at radius 1 is 1.11 bits per heavy atom. The van der Waals surface area contributed by atoms with Crippen molar-refractivity contribution < 1.29 is 28.4 Å². The number of non-ortho nitro benzene ring substituents is 1. The van der Waals surface area contributed by atoms with Crippen LogP contribution in [0, 0.1) is 10.1 Å². The molecule has 10 nitrogen and oxygen atoms in total. The fourth-order valence-electron chi connectivity index (χ4n) is 3.38. The number of ether oxygens (including phenoxy) is 2. The molecular weight excluding hydrogens is 498 g/mol. The standard InChI is InChI=1S/C23H16ClN3O7S/c1-32-13-4-7-18(20(11-13)33-2)26-22(29)16(21(28)25-23(26)35)10-14-5-8-19(34-14)15-6-3-12(27(30)31)9-17(15)24/h3-11H,1-2H3,(H,25,28,35)/b16-10+. The van der Waals surface area contributed by atoms with Crippen molar-refractivity contribution in [3.8, 4) is 22.8 Å². The number of nitro benzene ring substituents is 1. The fourth-order valence-corrected chi connectivity index (χ4v) is 3.92. The Bertz CT molecular complexity index is 1420. The number of carbonyl (C=O) groups is 2. The molecule has 35 heavy (non-hydrogen) atoms. The molecule has 2 aromatic carbocycles. The summed E-state index contributed by atoms with van der Waals surface area (Å²) in [6.07, 6.45) is 1.27. The number of benzene rings is 2. The Balaban J connectivity index is 1.68. The number of rotatable bonds is 6. The van der Waals surface area contributed by atoms with E-state index in [1.807, 2.05) is 0 Å². The van der Waals surface area contributed by atoms with Crippen LogP contribution in [0.15, 0.2) is 58.5 Å². The molecule has 1 aliphatic heterocycles. The summed E-state index contributed by atoms with van der Waals surface area (Å²) in [7, 11) is 2.92. The molecule has 0 spiro atoms. The third-order valence-electron chi connectivity index (χ3n) is 5.07. The monoisotopic (exact) mass is 513 g/mol. The van der Waals surface area contributed by atoms with E-state index in [0.29, 0.717) is 28.5 Å². The molecule has 0 saturated carbocycles. The minimum Gasteiger partial charge on any atom is -0.497 e. The molecule has 12 heteroatoms. The fraction of sp³-hybridized carbons (Fsp3) is 0.0870. The van der Waals surface area contributed by atoms with Crippen LogP contribution in [0.3, 0.4) is 0 Å². The molecule has 0 atom stereocenters. The van der Waals surface area contributed by atoms with Crippen molar-refractivity contribution in [2.75, 3.05) is 19.1 Å². The first-order chi connectivity index (χ1) is 16.7. The summed E-state index contributed by atoms with van der Waals surface area (Å²) < 4.78 is 16.3. The summed E-state index contributed by atoms with van der Waals surface area (Å²) in [5, 5.41) is 13.4. The van der Waals surface area contributed by atoms with E-state index in [0.717, 1.165) is 4.90 Å². The lowest BCUT2D eigenvalue weighted by Crippen LogP contribution is -2.54. The molecule has 1 fully saturated rings. The van der Waals surface area contributed by atoms with E-state index in [4.69, 9.17) is 37.7 Å². The molecule has 0 radical (unpaired) electrons. The first-order valence-corrected chi connectivity index (χ1v) is 10.7. The topological polar surface area (TPSA) is 124 Å². The molecule has 2 amide bonds. The van der Waals surface area contributed by atoms with Gasteiger partial charge in [0, 0.05) is 23.8 Å². The van der Waals surface area contributed by atoms with Gasteiger partial charge < -0.3 is 13.9 Å². The van der Waals surface area contributed by atoms with Crippen LogP contribution < -0.4 is 19.7 Å². The van der Waals surface area contributed by atoms with Crippen molar-refractivity contribution in [3.05, 3.63) is 75.0 Å². The van der Waals surface area contributed by atoms with E-state index < -0.39 is 16.7 Å². The van der Waals surface area contributed by atoms with E-state index in [-0.39, 0.29) is 27.2 Å². The van der Waals surface area contributed by atoms with Gasteiger partial charge >= 0.3 is 0 Å². The van der Waals surface area contributed by atoms with Crippen LogP contribution in [0.1, 0.15) is 5.76 Å². The van der Waals surface area contributed by atoms with Gasteiger partial charge in [0.15, 0.2) is 5.11 Å². The lowest BCUT2D eigenvalue weighted by Gasteiger charge is -2.29. The zero-order valence-electron chi connectivity index (χ0n) is 18.2. The molecule has 1 aliphatic rings. The zero-order valence-corrected chi connectivity index (χ0v) is 19.8. The number of carbonyl (C=O) groups excluding carboxylic acids is 2. The van der Waals surface area contributed by atoms with E-state index >= 15 is 0 Å². The molecule has 2 heterocycles. The van der Waals surface area contributed by atoms with Crippen LogP contribution in [-0.2, 0) is 9.59 Å². The normalized spacial score (nSPS) is 14.8. The van der Waals surface area contributed by atoms with Crippen molar-refractivity contribution >= 4 is 58.2 Å². The van der Waals surface area contributed by atoms with Gasteiger partial charge in [-0.15, -0.1) is 0 Å². The molecule has 1 saturated heterocycles. The molecule has 1 N–H and O–H groups in total. The van der Waals surface area contributed by atoms with Gasteiger partial charge in [-0.3, -0.25) is 25.0 Å². The Hall–Kier alpha value is -4.22. The van der Waals surface area contributed by atoms with Crippen molar-refractivity contribution in [2.45, 2.75) is 0 Å². The summed E-state index contributed by atoms with van der Waals surface area (Å²) >= 11 is 11.4. The second-order valence-electron chi connectivity index (χ2n) is 7.12. The highest BCUT2D eigenvalue weighted by Crippen LogP contribution is 2.35. The van der Waals surface area contributed by atoms with E-state index in [1.54, 1.807) is 24.3 Å². The van der Waals surface area contributed by atoms with E-state index in [1.165, 1.54) is 44.6 Å². The minimum absolute atomic E-state index is 0.113. The van der Waals surface area contributed by atoms with Crippen LogP contribution in [0.5, 0.6) is 11.5 Å². The number of hydrogen-bond acceptors (Lipinski definition) is 8. The Morgan fingerprint density at radius 3 is 2.54 bits per heavy atom. The summed E-state index contributed by atoms with van der Waals surface area (Å²) in [4.78, 5) is 37.4. The van der Waals surface area contributed by atoms with Crippen molar-refractivity contribution in [2.24, 2.45) is 0 Å². The highest BCUT2D eigenvalue weighted by molar-refractivity contribution is 7.80. The van der Waals surface area contributed by atoms with Gasteiger partial charge in [0.25, 0.3) is 17.5 Å². The van der Waals surface area contributed by atoms with E-state index in [9.17, 15) is 19.7 Å². The molecule has 0 unspecified atom stereocenters. The SMILES string of the molecule is COc1ccc(N2C(=O)/C(=C/c3ccc(-c4ccc([N+](=O)[O-])cc4Cl)o3)C(=O)NC2=S)c(OC)c1. The molecule has 0 bridgehead atoms. The van der Waals surface area contributed by atoms with Gasteiger partial charge in [0.05, 0.1) is 29.9 Å². The van der Waals surface area contributed by atoms with Gasteiger partial charge in [-0.25, -0.2) is 4.90 Å². The summed E-state index contributed by atoms with van der Waals surface area (Å²) in [6.45, 7) is 0. The molecule has 0 aliphatic carbocycles. The third-order valence-corrected chi connectivity index (χ3v) is 5.67. The maximum atomic E-state index is 13.3. The lowest BCUT2D eigenvalue weighted by molar-refractivity contribution is -0.384. The average molecular weight is 514 g/mol. The van der Waals surface area contributed by atoms with Gasteiger partial charge in [-0.1, -0.05) is 11.6 Å². The van der Waals surface area contributed by atoms with Crippen molar-refractivity contribution in [3.63, 3.8) is 0 Å². The second kappa shape index (κ2) is 9.57. The predicted molar refractivity (Wildman–Crippen MR) is 132 cm³/mol. The van der Waals surface area contributed by atoms with Gasteiger partial charge in [-0.2, -0.15) is 0 Å². The molecular formula is C23H16ClN3O7S. The Kier molecular flexibility index (Phi) is 6.54. The number of nitrogens with one attached hydrogen (secondary N) is 1. The molecule has 1 aromatic heterocycles. The first-order valence-electron chi connectivity index (χ1n) is 9.91. The third kappa shape index (κ3) is 4.59. The average Bonchev–Trinajstić information content (AvgIpc) is 3.30. The summed E-state index contributed by atoms with van der Waals surface area (Å²) in [6, 6.07) is 11.8. The smallest absolute Gasteiger partial charge is 0.270 e. The number of halogens is 1. The van der Waals surface area contributed by atoms with E-state index in [2.05, 4.69) is 5.32 Å². The number of furan rings is 1. The molecule has 3 aromatic rings. The Labute approximate surface area is 208 Å². The van der Waals surface area contributed by atoms with Crippen molar-refractivity contribution in [1.82, 2.24) is 5.32 Å². The summed E-state index contributed by atoms with van der Waals surface area (Å²) in [5.74, 6) is -0.0898. The number of thiocarbonyl (C=S) groups is 1. The zero-order chi connectivity index (χ0) is 25.3. The number of amides is 2. The molecule has 178 valence electrons. The van der Waals surface area contributed by atoms with Gasteiger partial charge in [0.1, 0.15) is 28.6 Å². The number of nitrogens with zero attached hydrogens (tertiary/aromatic N) is 2. The molecule has 4 rings (SSSR count). The van der Waals surface area contributed by atoms with Crippen LogP contribution in [0.2, 0.25) is 5.02 Å². The number of hydrogen-bond donors (Lipinski definition) is 1. The Morgan fingerprint density at radius 2 is 1.89 bits per heavy atom. The van der Waals surface area contributed by atoms with Crippen LogP contribution in [-0.4, -0.2) is 36.1 Å². The maximum absolute atomic E-state index is 13.3. The highest BCUT2D eigenvalue weighted by Gasteiger charge is 2.36. The summed E-state index contributed by atoms with van der Waals surface area (Å²) in [5.41, 5.74) is 0.327. The van der Waals surface area contributed by atoms with Crippen LogP contribution in [0.25, 0.3) is 17.4 Å². The van der Waals surface area contributed by atoms with Crippen LogP contribution >= 0.6 is 23.8 Å². The second-order valence-corrected chi connectivity index (χ2v) is 7.91. The van der Waals surface area contributed by atoms with Gasteiger partial charge in [-0.05, 0) is 48.6 Å². The number of nitro groups is 1. The largest absolute Gasteiger partial charge is 0.497 e. The van der Waals surface area contributed by atoms with Gasteiger partial charge in [0.2, 0.25) is 0 Å². The maximum Gasteiger partial charge on any atom is 0.270 e. The number of anilines is 1. The number of methoxy groups -OCH3 is 2. The van der Waals surface area contributed by atoms with Crippen molar-refractivity contribution in [1.29, 1.82) is 0 Å².